The Balaban J connectivity index is 1.51. The Hall–Kier alpha value is -2.60. The number of nitrogens with zero attached hydrogens (tertiary/aromatic N) is 3. The first-order valence-electron chi connectivity index (χ1n) is 8.29. The third kappa shape index (κ3) is 3.17. The SMILES string of the molecule is Cc1ccc(NC(=O)Nc2ccc3nnc(C4CCC4)n3c2)cc1Cl. The van der Waals surface area contributed by atoms with Gasteiger partial charge in [-0.1, -0.05) is 24.1 Å². The Morgan fingerprint density at radius 3 is 2.64 bits per heavy atom. The maximum absolute atomic E-state index is 12.2. The first-order chi connectivity index (χ1) is 12.1. The van der Waals surface area contributed by atoms with E-state index in [1.54, 1.807) is 6.07 Å². The fourth-order valence-electron chi connectivity index (χ4n) is 2.89. The van der Waals surface area contributed by atoms with Crippen LogP contribution < -0.4 is 10.6 Å². The van der Waals surface area contributed by atoms with Crippen LogP contribution in [0.3, 0.4) is 0 Å². The number of halogens is 1. The lowest BCUT2D eigenvalue weighted by molar-refractivity contribution is 0.262. The molecule has 128 valence electrons. The topological polar surface area (TPSA) is 71.3 Å². The first kappa shape index (κ1) is 15.9. The van der Waals surface area contributed by atoms with E-state index < -0.39 is 0 Å². The number of rotatable bonds is 3. The normalized spacial score (nSPS) is 14.3. The minimum absolute atomic E-state index is 0.322. The summed E-state index contributed by atoms with van der Waals surface area (Å²) in [4.78, 5) is 12.2. The van der Waals surface area contributed by atoms with Crippen molar-refractivity contribution in [3.05, 3.63) is 52.9 Å². The van der Waals surface area contributed by atoms with Crippen molar-refractivity contribution in [3.8, 4) is 0 Å². The predicted molar refractivity (Wildman–Crippen MR) is 98.4 cm³/mol. The molecule has 0 radical (unpaired) electrons. The van der Waals surface area contributed by atoms with E-state index in [0.29, 0.717) is 22.3 Å². The van der Waals surface area contributed by atoms with Gasteiger partial charge in [0.15, 0.2) is 5.65 Å². The second-order valence-electron chi connectivity index (χ2n) is 6.38. The number of urea groups is 1. The van der Waals surface area contributed by atoms with E-state index in [0.717, 1.165) is 29.9 Å². The van der Waals surface area contributed by atoms with Crippen LogP contribution in [0.2, 0.25) is 5.02 Å². The molecule has 1 fully saturated rings. The number of anilines is 2. The van der Waals surface area contributed by atoms with Gasteiger partial charge in [-0.15, -0.1) is 10.2 Å². The van der Waals surface area contributed by atoms with Crippen molar-refractivity contribution >= 4 is 34.7 Å². The molecule has 0 saturated heterocycles. The molecule has 2 N–H and O–H groups in total. The van der Waals surface area contributed by atoms with Gasteiger partial charge in [0.1, 0.15) is 5.82 Å². The highest BCUT2D eigenvalue weighted by Crippen LogP contribution is 2.35. The van der Waals surface area contributed by atoms with E-state index in [-0.39, 0.29) is 6.03 Å². The predicted octanol–water partition coefficient (Wildman–Crippen LogP) is 4.60. The zero-order valence-corrected chi connectivity index (χ0v) is 14.5. The molecule has 6 nitrogen and oxygen atoms in total. The molecule has 2 heterocycles. The molecule has 7 heteroatoms. The smallest absolute Gasteiger partial charge is 0.308 e. The standard InChI is InChI=1S/C18H18ClN5O/c1-11-5-6-13(9-15(11)19)20-18(25)21-14-7-8-16-22-23-17(24(16)10-14)12-3-2-4-12/h5-10,12H,2-4H2,1H3,(H2,20,21,25). The molecule has 0 atom stereocenters. The summed E-state index contributed by atoms with van der Waals surface area (Å²) in [6.45, 7) is 1.92. The summed E-state index contributed by atoms with van der Waals surface area (Å²) in [5, 5.41) is 14.7. The first-order valence-corrected chi connectivity index (χ1v) is 8.67. The lowest BCUT2D eigenvalue weighted by atomic mass is 9.85. The lowest BCUT2D eigenvalue weighted by Crippen LogP contribution is -2.20. The highest BCUT2D eigenvalue weighted by molar-refractivity contribution is 6.31. The fraction of sp³-hybridized carbons (Fsp3) is 0.278. The Bertz CT molecular complexity index is 948. The van der Waals surface area contributed by atoms with E-state index in [4.69, 9.17) is 11.6 Å². The number of hydrogen-bond acceptors (Lipinski definition) is 3. The second kappa shape index (κ2) is 6.37. The summed E-state index contributed by atoms with van der Waals surface area (Å²) in [5.41, 5.74) is 3.09. The Morgan fingerprint density at radius 1 is 1.16 bits per heavy atom. The molecule has 1 aromatic carbocycles. The molecule has 1 aliphatic rings. The number of nitrogens with one attached hydrogen (secondary N) is 2. The zero-order valence-electron chi connectivity index (χ0n) is 13.8. The van der Waals surface area contributed by atoms with Gasteiger partial charge in [0.25, 0.3) is 0 Å². The third-order valence-electron chi connectivity index (χ3n) is 4.59. The minimum atomic E-state index is -0.322. The van der Waals surface area contributed by atoms with Crippen molar-refractivity contribution in [2.45, 2.75) is 32.1 Å². The fourth-order valence-corrected chi connectivity index (χ4v) is 3.07. The van der Waals surface area contributed by atoms with Crippen molar-refractivity contribution in [2.24, 2.45) is 0 Å². The molecule has 2 aromatic heterocycles. The zero-order chi connectivity index (χ0) is 17.4. The Labute approximate surface area is 150 Å². The average Bonchev–Trinajstić information content (AvgIpc) is 2.92. The largest absolute Gasteiger partial charge is 0.323 e. The van der Waals surface area contributed by atoms with Crippen LogP contribution in [0.1, 0.15) is 36.6 Å². The monoisotopic (exact) mass is 355 g/mol. The summed E-state index contributed by atoms with van der Waals surface area (Å²) < 4.78 is 1.96. The quantitative estimate of drug-likeness (QED) is 0.721. The Kier molecular flexibility index (Phi) is 4.05. The van der Waals surface area contributed by atoms with E-state index in [1.165, 1.54) is 6.42 Å². The molecule has 1 aliphatic carbocycles. The van der Waals surface area contributed by atoms with Crippen LogP contribution in [0.4, 0.5) is 16.2 Å². The van der Waals surface area contributed by atoms with Crippen molar-refractivity contribution < 1.29 is 4.79 Å². The summed E-state index contributed by atoms with van der Waals surface area (Å²) in [5.74, 6) is 1.43. The molecule has 0 bridgehead atoms. The maximum atomic E-state index is 12.2. The molecule has 0 spiro atoms. The Morgan fingerprint density at radius 2 is 1.92 bits per heavy atom. The van der Waals surface area contributed by atoms with Crippen LogP contribution in [0, 0.1) is 6.92 Å². The number of pyridine rings is 1. The van der Waals surface area contributed by atoms with E-state index in [2.05, 4.69) is 20.8 Å². The number of aromatic nitrogens is 3. The molecular formula is C18H18ClN5O. The van der Waals surface area contributed by atoms with Crippen LogP contribution in [0.5, 0.6) is 0 Å². The van der Waals surface area contributed by atoms with Crippen LogP contribution >= 0.6 is 11.6 Å². The molecule has 1 saturated carbocycles. The van der Waals surface area contributed by atoms with Gasteiger partial charge in [-0.3, -0.25) is 4.40 Å². The highest BCUT2D eigenvalue weighted by atomic mass is 35.5. The van der Waals surface area contributed by atoms with Crippen LogP contribution in [0.25, 0.3) is 5.65 Å². The van der Waals surface area contributed by atoms with E-state index in [1.807, 2.05) is 41.8 Å². The second-order valence-corrected chi connectivity index (χ2v) is 6.78. The number of amides is 2. The van der Waals surface area contributed by atoms with Gasteiger partial charge in [-0.25, -0.2) is 4.79 Å². The number of carbonyl (C=O) groups is 1. The van der Waals surface area contributed by atoms with Gasteiger partial charge >= 0.3 is 6.03 Å². The van der Waals surface area contributed by atoms with Crippen molar-refractivity contribution in [1.82, 2.24) is 14.6 Å². The third-order valence-corrected chi connectivity index (χ3v) is 4.99. The van der Waals surface area contributed by atoms with Gasteiger partial charge in [-0.05, 0) is 49.6 Å². The summed E-state index contributed by atoms with van der Waals surface area (Å²) in [6.07, 6.45) is 5.39. The van der Waals surface area contributed by atoms with Gasteiger partial charge in [0, 0.05) is 22.8 Å². The van der Waals surface area contributed by atoms with Gasteiger partial charge in [0.2, 0.25) is 0 Å². The van der Waals surface area contributed by atoms with Gasteiger partial charge < -0.3 is 10.6 Å². The molecule has 0 aliphatic heterocycles. The summed E-state index contributed by atoms with van der Waals surface area (Å²) in [6, 6.07) is 8.76. The average molecular weight is 356 g/mol. The number of aryl methyl sites for hydroxylation is 1. The highest BCUT2D eigenvalue weighted by Gasteiger charge is 2.24. The number of benzene rings is 1. The number of carbonyl (C=O) groups excluding carboxylic acids is 1. The van der Waals surface area contributed by atoms with Gasteiger partial charge in [-0.2, -0.15) is 0 Å². The van der Waals surface area contributed by atoms with Crippen LogP contribution in [-0.4, -0.2) is 20.6 Å². The minimum Gasteiger partial charge on any atom is -0.308 e. The van der Waals surface area contributed by atoms with E-state index >= 15 is 0 Å². The van der Waals surface area contributed by atoms with Crippen LogP contribution in [0.15, 0.2) is 36.5 Å². The van der Waals surface area contributed by atoms with Crippen molar-refractivity contribution in [3.63, 3.8) is 0 Å². The molecule has 0 unspecified atom stereocenters. The van der Waals surface area contributed by atoms with Crippen molar-refractivity contribution in [2.75, 3.05) is 10.6 Å². The molecular weight excluding hydrogens is 338 g/mol. The van der Waals surface area contributed by atoms with Crippen LogP contribution in [-0.2, 0) is 0 Å². The molecule has 25 heavy (non-hydrogen) atoms. The molecule has 3 aromatic rings. The number of fused-ring (bicyclic) bond motifs is 1. The maximum Gasteiger partial charge on any atom is 0.323 e. The number of hydrogen-bond donors (Lipinski definition) is 2. The van der Waals surface area contributed by atoms with Crippen molar-refractivity contribution in [1.29, 1.82) is 0 Å². The summed E-state index contributed by atoms with van der Waals surface area (Å²) in [7, 11) is 0. The lowest BCUT2D eigenvalue weighted by Gasteiger charge is -2.23. The summed E-state index contributed by atoms with van der Waals surface area (Å²) >= 11 is 6.09. The van der Waals surface area contributed by atoms with E-state index in [9.17, 15) is 4.79 Å². The molecule has 4 rings (SSSR count). The molecule has 2 amide bonds. The van der Waals surface area contributed by atoms with Gasteiger partial charge in [0.05, 0.1) is 5.69 Å².